The van der Waals surface area contributed by atoms with E-state index in [2.05, 4.69) is 67.9 Å². The van der Waals surface area contributed by atoms with Crippen LogP contribution in [0.5, 0.6) is 0 Å². The monoisotopic (exact) mass is 547 g/mol. The summed E-state index contributed by atoms with van der Waals surface area (Å²) in [5.41, 5.74) is 3.02. The molecule has 0 atom stereocenters. The molecule has 0 saturated carbocycles. The fourth-order valence-electron chi connectivity index (χ4n) is 3.36. The van der Waals surface area contributed by atoms with Gasteiger partial charge in [0.15, 0.2) is 0 Å². The second-order valence-corrected chi connectivity index (χ2v) is 14.4. The third kappa shape index (κ3) is 4.37. The van der Waals surface area contributed by atoms with E-state index >= 15 is 0 Å². The normalized spacial score (nSPS) is 11.5. The standard InChI is InChI=1S/C22H20F2IN5Si/c1-31(2,3)22-21(28-30-29-22)20-15(14-6-4-5-7-16(14)23)11-26-12-19(20)27-18-9-8-13(25)10-17(18)24/h4-12,27H,1-3H3,(H,28,29,30). The lowest BCUT2D eigenvalue weighted by Crippen LogP contribution is -2.40. The predicted molar refractivity (Wildman–Crippen MR) is 130 cm³/mol. The molecule has 9 heteroatoms. The van der Waals surface area contributed by atoms with Gasteiger partial charge in [-0.1, -0.05) is 43.1 Å². The zero-order valence-electron chi connectivity index (χ0n) is 17.2. The minimum Gasteiger partial charge on any atom is -0.351 e. The van der Waals surface area contributed by atoms with Crippen molar-refractivity contribution in [3.63, 3.8) is 0 Å². The number of anilines is 2. The van der Waals surface area contributed by atoms with Gasteiger partial charge < -0.3 is 5.32 Å². The molecule has 5 nitrogen and oxygen atoms in total. The lowest BCUT2D eigenvalue weighted by Gasteiger charge is -2.19. The molecule has 0 aliphatic carbocycles. The molecule has 2 N–H and O–H groups in total. The molecule has 2 aromatic carbocycles. The molecule has 4 rings (SSSR count). The Morgan fingerprint density at radius 2 is 1.71 bits per heavy atom. The van der Waals surface area contributed by atoms with Crippen LogP contribution in [0.2, 0.25) is 19.6 Å². The molecule has 2 heterocycles. The van der Waals surface area contributed by atoms with Gasteiger partial charge >= 0.3 is 0 Å². The summed E-state index contributed by atoms with van der Waals surface area (Å²) in [5.74, 6) is -0.763. The van der Waals surface area contributed by atoms with Crippen LogP contribution in [-0.2, 0) is 0 Å². The number of aromatic nitrogens is 4. The number of hydrogen-bond donors (Lipinski definition) is 2. The van der Waals surface area contributed by atoms with E-state index in [0.29, 0.717) is 33.8 Å². The van der Waals surface area contributed by atoms with Crippen LogP contribution in [0.25, 0.3) is 22.4 Å². The molecule has 31 heavy (non-hydrogen) atoms. The quantitative estimate of drug-likeness (QED) is 0.248. The van der Waals surface area contributed by atoms with Gasteiger partial charge in [0.25, 0.3) is 0 Å². The van der Waals surface area contributed by atoms with Crippen LogP contribution in [0.3, 0.4) is 0 Å². The first-order valence-corrected chi connectivity index (χ1v) is 14.2. The van der Waals surface area contributed by atoms with Crippen LogP contribution in [0, 0.1) is 15.2 Å². The topological polar surface area (TPSA) is 66.5 Å². The van der Waals surface area contributed by atoms with E-state index in [0.717, 1.165) is 8.89 Å². The van der Waals surface area contributed by atoms with Crippen molar-refractivity contribution in [3.05, 3.63) is 70.1 Å². The molecular formula is C22H20F2IN5Si. The van der Waals surface area contributed by atoms with Crippen molar-refractivity contribution in [2.45, 2.75) is 19.6 Å². The van der Waals surface area contributed by atoms with E-state index in [9.17, 15) is 8.78 Å². The second kappa shape index (κ2) is 8.46. The molecule has 0 saturated heterocycles. The molecule has 0 spiro atoms. The van der Waals surface area contributed by atoms with Crippen molar-refractivity contribution >= 4 is 47.4 Å². The molecule has 0 bridgehead atoms. The Bertz CT molecular complexity index is 1250. The maximum absolute atomic E-state index is 14.8. The molecule has 0 fully saturated rings. The highest BCUT2D eigenvalue weighted by molar-refractivity contribution is 14.1. The summed E-state index contributed by atoms with van der Waals surface area (Å²) in [5, 5.41) is 15.5. The Morgan fingerprint density at radius 3 is 2.42 bits per heavy atom. The third-order valence-electron chi connectivity index (χ3n) is 4.85. The molecule has 0 unspecified atom stereocenters. The zero-order chi connectivity index (χ0) is 22.2. The smallest absolute Gasteiger partial charge is 0.147 e. The highest BCUT2D eigenvalue weighted by atomic mass is 127. The summed E-state index contributed by atoms with van der Waals surface area (Å²) < 4.78 is 30.1. The molecular weight excluding hydrogens is 527 g/mol. The summed E-state index contributed by atoms with van der Waals surface area (Å²) >= 11 is 2.06. The van der Waals surface area contributed by atoms with Gasteiger partial charge in [-0.25, -0.2) is 8.78 Å². The maximum atomic E-state index is 14.8. The average Bonchev–Trinajstić information content (AvgIpc) is 3.20. The SMILES string of the molecule is C[Si](C)(C)c1[nH]nnc1-c1c(Nc2ccc(I)cc2F)cncc1-c1ccccc1F. The first-order valence-electron chi connectivity index (χ1n) is 9.62. The highest BCUT2D eigenvalue weighted by Crippen LogP contribution is 2.38. The minimum absolute atomic E-state index is 0.298. The number of nitrogens with zero attached hydrogens (tertiary/aromatic N) is 3. The number of pyridine rings is 1. The van der Waals surface area contributed by atoms with E-state index in [4.69, 9.17) is 0 Å². The summed E-state index contributed by atoms with van der Waals surface area (Å²) in [6, 6.07) is 11.4. The van der Waals surface area contributed by atoms with Gasteiger partial charge in [0.2, 0.25) is 0 Å². The number of nitrogens with one attached hydrogen (secondary N) is 2. The van der Waals surface area contributed by atoms with Gasteiger partial charge in [-0.2, -0.15) is 0 Å². The second-order valence-electron chi connectivity index (χ2n) is 8.12. The van der Waals surface area contributed by atoms with Crippen molar-refractivity contribution in [3.8, 4) is 22.4 Å². The van der Waals surface area contributed by atoms with Crippen molar-refractivity contribution in [1.82, 2.24) is 20.4 Å². The highest BCUT2D eigenvalue weighted by Gasteiger charge is 2.28. The lowest BCUT2D eigenvalue weighted by atomic mass is 9.98. The van der Waals surface area contributed by atoms with Crippen LogP contribution in [0.4, 0.5) is 20.2 Å². The molecule has 0 amide bonds. The average molecular weight is 547 g/mol. The summed E-state index contributed by atoms with van der Waals surface area (Å²) in [7, 11) is -1.88. The molecule has 0 aliphatic rings. The van der Waals surface area contributed by atoms with E-state index < -0.39 is 8.07 Å². The number of aromatic amines is 1. The Morgan fingerprint density at radius 1 is 0.935 bits per heavy atom. The minimum atomic E-state index is -1.88. The molecule has 0 radical (unpaired) electrons. The Labute approximate surface area is 193 Å². The maximum Gasteiger partial charge on any atom is 0.147 e. The van der Waals surface area contributed by atoms with Gasteiger partial charge in [0.1, 0.15) is 25.4 Å². The zero-order valence-corrected chi connectivity index (χ0v) is 20.3. The molecule has 158 valence electrons. The molecule has 4 aromatic rings. The van der Waals surface area contributed by atoms with Crippen LogP contribution in [0.15, 0.2) is 54.9 Å². The number of rotatable bonds is 5. The van der Waals surface area contributed by atoms with E-state index in [1.165, 1.54) is 12.1 Å². The number of hydrogen-bond acceptors (Lipinski definition) is 4. The van der Waals surface area contributed by atoms with Gasteiger partial charge in [-0.05, 0) is 46.9 Å². The van der Waals surface area contributed by atoms with Gasteiger partial charge in [0.05, 0.1) is 17.6 Å². The van der Waals surface area contributed by atoms with Gasteiger partial charge in [0, 0.05) is 31.8 Å². The Balaban J connectivity index is 1.97. The third-order valence-corrected chi connectivity index (χ3v) is 7.37. The molecule has 0 aliphatic heterocycles. The Kier molecular flexibility index (Phi) is 5.89. The van der Waals surface area contributed by atoms with Gasteiger partial charge in [-0.15, -0.1) is 5.10 Å². The van der Waals surface area contributed by atoms with Crippen LogP contribution >= 0.6 is 22.6 Å². The first-order chi connectivity index (χ1) is 14.8. The van der Waals surface area contributed by atoms with Gasteiger partial charge in [-0.3, -0.25) is 10.1 Å². The van der Waals surface area contributed by atoms with E-state index in [1.807, 2.05) is 6.07 Å². The number of halogens is 3. The largest absolute Gasteiger partial charge is 0.351 e. The Hall–Kier alpha value is -2.66. The van der Waals surface area contributed by atoms with Crippen molar-refractivity contribution < 1.29 is 8.78 Å². The van der Waals surface area contributed by atoms with Crippen molar-refractivity contribution in [1.29, 1.82) is 0 Å². The van der Waals surface area contributed by atoms with Crippen molar-refractivity contribution in [2.75, 3.05) is 5.32 Å². The van der Waals surface area contributed by atoms with E-state index in [-0.39, 0.29) is 11.6 Å². The van der Waals surface area contributed by atoms with Crippen molar-refractivity contribution in [2.24, 2.45) is 0 Å². The number of H-pyrrole nitrogens is 1. The lowest BCUT2D eigenvalue weighted by molar-refractivity contribution is 0.630. The fourth-order valence-corrected chi connectivity index (χ4v) is 5.08. The summed E-state index contributed by atoms with van der Waals surface area (Å²) in [6.07, 6.45) is 3.20. The first kappa shape index (κ1) is 21.6. The predicted octanol–water partition coefficient (Wildman–Crippen LogP) is 5.71. The molecule has 2 aromatic heterocycles. The number of benzene rings is 2. The van der Waals surface area contributed by atoms with Crippen LogP contribution in [-0.4, -0.2) is 28.5 Å². The van der Waals surface area contributed by atoms with Crippen LogP contribution in [0.1, 0.15) is 0 Å². The fraction of sp³-hybridized carbons (Fsp3) is 0.136. The summed E-state index contributed by atoms with van der Waals surface area (Å²) in [4.78, 5) is 4.31. The van der Waals surface area contributed by atoms with Crippen LogP contribution < -0.4 is 10.6 Å². The summed E-state index contributed by atoms with van der Waals surface area (Å²) in [6.45, 7) is 6.50. The van der Waals surface area contributed by atoms with E-state index in [1.54, 1.807) is 36.7 Å².